The molecule has 1 atom stereocenters. The average molecular weight is 284 g/mol. The smallest absolute Gasteiger partial charge is 0.329 e. The molecule has 0 heterocycles. The highest BCUT2D eigenvalue weighted by molar-refractivity contribution is 6.34. The molecular weight excluding hydrogens is 266 g/mol. The van der Waals surface area contributed by atoms with Crippen LogP contribution in [0.3, 0.4) is 0 Å². The number of halogens is 1. The van der Waals surface area contributed by atoms with Crippen LogP contribution >= 0.6 is 11.6 Å². The van der Waals surface area contributed by atoms with Gasteiger partial charge in [-0.1, -0.05) is 18.5 Å². The van der Waals surface area contributed by atoms with E-state index in [4.69, 9.17) is 16.7 Å². The lowest BCUT2D eigenvalue weighted by atomic mass is 9.98. The van der Waals surface area contributed by atoms with Crippen molar-refractivity contribution in [2.45, 2.75) is 39.7 Å². The molecule has 19 heavy (non-hydrogen) atoms. The number of carbonyl (C=O) groups excluding carboxylic acids is 1. The van der Waals surface area contributed by atoms with Gasteiger partial charge < -0.3 is 10.4 Å². The Morgan fingerprint density at radius 3 is 2.32 bits per heavy atom. The van der Waals surface area contributed by atoms with Gasteiger partial charge in [-0.15, -0.1) is 0 Å². The summed E-state index contributed by atoms with van der Waals surface area (Å²) in [6, 6.07) is 3.38. The maximum atomic E-state index is 12.1. The summed E-state index contributed by atoms with van der Waals surface area (Å²) in [5, 5.41) is 12.0. The molecule has 1 aromatic carbocycles. The van der Waals surface area contributed by atoms with Gasteiger partial charge in [-0.25, -0.2) is 4.79 Å². The lowest BCUT2D eigenvalue weighted by molar-refractivity contribution is -0.143. The zero-order valence-electron chi connectivity index (χ0n) is 11.5. The highest BCUT2D eigenvalue weighted by Crippen LogP contribution is 2.22. The summed E-state index contributed by atoms with van der Waals surface area (Å²) in [6.07, 6.45) is 0.288. The van der Waals surface area contributed by atoms with Crippen LogP contribution in [0.1, 0.15) is 41.8 Å². The first-order valence-corrected chi connectivity index (χ1v) is 6.41. The molecule has 0 fully saturated rings. The molecular formula is C14H18ClNO3. The number of carboxylic acid groups (broad SMARTS) is 1. The summed E-state index contributed by atoms with van der Waals surface area (Å²) in [5.74, 6) is -1.54. The molecule has 5 heteroatoms. The van der Waals surface area contributed by atoms with E-state index < -0.39 is 17.4 Å². The Kier molecular flexibility index (Phi) is 4.58. The number of benzene rings is 1. The summed E-state index contributed by atoms with van der Waals surface area (Å²) in [5.41, 5.74) is 0.922. The minimum atomic E-state index is -1.29. The minimum absolute atomic E-state index is 0.288. The van der Waals surface area contributed by atoms with Crippen LogP contribution in [0.15, 0.2) is 12.1 Å². The quantitative estimate of drug-likeness (QED) is 0.893. The number of carbonyl (C=O) groups is 2. The van der Waals surface area contributed by atoms with Gasteiger partial charge in [0.25, 0.3) is 5.91 Å². The van der Waals surface area contributed by atoms with E-state index in [1.807, 2.05) is 13.8 Å². The molecule has 1 rings (SSSR count). The van der Waals surface area contributed by atoms with Crippen molar-refractivity contribution in [1.29, 1.82) is 0 Å². The van der Waals surface area contributed by atoms with Crippen LogP contribution in [-0.2, 0) is 4.79 Å². The normalized spacial score (nSPS) is 13.7. The molecule has 1 amide bonds. The highest BCUT2D eigenvalue weighted by atomic mass is 35.5. The Morgan fingerprint density at radius 2 is 1.84 bits per heavy atom. The number of hydrogen-bond acceptors (Lipinski definition) is 2. The Labute approximate surface area is 117 Å². The van der Waals surface area contributed by atoms with Gasteiger partial charge in [-0.05, 0) is 50.5 Å². The van der Waals surface area contributed by atoms with Crippen LogP contribution in [-0.4, -0.2) is 22.5 Å². The molecule has 0 aliphatic carbocycles. The largest absolute Gasteiger partial charge is 0.480 e. The van der Waals surface area contributed by atoms with Crippen LogP contribution in [0.4, 0.5) is 0 Å². The fraction of sp³-hybridized carbons (Fsp3) is 0.429. The number of aliphatic carboxylic acids is 1. The molecule has 0 radical (unpaired) electrons. The number of amides is 1. The topological polar surface area (TPSA) is 66.4 Å². The standard InChI is InChI=1S/C14H18ClNO3/c1-5-14(4,13(18)19)16-12(17)10-6-8(2)9(3)7-11(10)15/h6-7H,5H2,1-4H3,(H,16,17)(H,18,19). The first-order valence-electron chi connectivity index (χ1n) is 6.04. The number of rotatable bonds is 4. The molecule has 0 spiro atoms. The van der Waals surface area contributed by atoms with E-state index in [0.29, 0.717) is 10.6 Å². The second-order valence-electron chi connectivity index (χ2n) is 4.86. The van der Waals surface area contributed by atoms with E-state index in [-0.39, 0.29) is 6.42 Å². The molecule has 0 saturated carbocycles. The van der Waals surface area contributed by atoms with Crippen molar-refractivity contribution in [3.05, 3.63) is 33.8 Å². The van der Waals surface area contributed by atoms with Crippen molar-refractivity contribution in [3.8, 4) is 0 Å². The van der Waals surface area contributed by atoms with Crippen LogP contribution < -0.4 is 5.32 Å². The zero-order valence-corrected chi connectivity index (χ0v) is 12.3. The molecule has 1 unspecified atom stereocenters. The number of carboxylic acids is 1. The number of nitrogens with one attached hydrogen (secondary N) is 1. The lowest BCUT2D eigenvalue weighted by Gasteiger charge is -2.25. The summed E-state index contributed by atoms with van der Waals surface area (Å²) in [6.45, 7) is 6.95. The minimum Gasteiger partial charge on any atom is -0.480 e. The van der Waals surface area contributed by atoms with Gasteiger partial charge in [0.1, 0.15) is 5.54 Å². The van der Waals surface area contributed by atoms with Gasteiger partial charge in [-0.2, -0.15) is 0 Å². The maximum absolute atomic E-state index is 12.1. The molecule has 0 aromatic heterocycles. The van der Waals surface area contributed by atoms with E-state index in [1.165, 1.54) is 6.92 Å². The van der Waals surface area contributed by atoms with Gasteiger partial charge >= 0.3 is 5.97 Å². The average Bonchev–Trinajstić information content (AvgIpc) is 2.33. The monoisotopic (exact) mass is 283 g/mol. The van der Waals surface area contributed by atoms with Crippen molar-refractivity contribution in [2.75, 3.05) is 0 Å². The van der Waals surface area contributed by atoms with Crippen molar-refractivity contribution < 1.29 is 14.7 Å². The molecule has 0 saturated heterocycles. The molecule has 1 aromatic rings. The summed E-state index contributed by atoms with van der Waals surface area (Å²) in [4.78, 5) is 23.3. The number of hydrogen-bond donors (Lipinski definition) is 2. The maximum Gasteiger partial charge on any atom is 0.329 e. The number of aryl methyl sites for hydroxylation is 2. The third-order valence-electron chi connectivity index (χ3n) is 3.40. The van der Waals surface area contributed by atoms with Crippen molar-refractivity contribution in [3.63, 3.8) is 0 Å². The third kappa shape index (κ3) is 3.26. The van der Waals surface area contributed by atoms with E-state index >= 15 is 0 Å². The SMILES string of the molecule is CCC(C)(NC(=O)c1cc(C)c(C)cc1Cl)C(=O)O. The van der Waals surface area contributed by atoms with E-state index in [0.717, 1.165) is 11.1 Å². The second kappa shape index (κ2) is 5.61. The van der Waals surface area contributed by atoms with Crippen LogP contribution in [0.2, 0.25) is 5.02 Å². The Morgan fingerprint density at radius 1 is 1.32 bits per heavy atom. The van der Waals surface area contributed by atoms with Crippen molar-refractivity contribution >= 4 is 23.5 Å². The molecule has 0 aliphatic rings. The summed E-state index contributed by atoms with van der Waals surface area (Å²) in [7, 11) is 0. The van der Waals surface area contributed by atoms with Crippen molar-refractivity contribution in [2.24, 2.45) is 0 Å². The Balaban J connectivity index is 3.08. The third-order valence-corrected chi connectivity index (χ3v) is 3.71. The van der Waals surface area contributed by atoms with E-state index in [9.17, 15) is 9.59 Å². The summed E-state index contributed by atoms with van der Waals surface area (Å²) < 4.78 is 0. The molecule has 0 aliphatic heterocycles. The van der Waals surface area contributed by atoms with E-state index in [2.05, 4.69) is 5.32 Å². The second-order valence-corrected chi connectivity index (χ2v) is 5.27. The first kappa shape index (κ1) is 15.5. The Bertz CT molecular complexity index is 528. The van der Waals surface area contributed by atoms with Gasteiger partial charge in [0.05, 0.1) is 10.6 Å². The Hall–Kier alpha value is -1.55. The van der Waals surface area contributed by atoms with Gasteiger partial charge in [0.2, 0.25) is 0 Å². The van der Waals surface area contributed by atoms with Crippen LogP contribution in [0, 0.1) is 13.8 Å². The molecule has 2 N–H and O–H groups in total. The van der Waals surface area contributed by atoms with Crippen LogP contribution in [0.25, 0.3) is 0 Å². The van der Waals surface area contributed by atoms with Gasteiger partial charge in [0, 0.05) is 0 Å². The van der Waals surface area contributed by atoms with E-state index in [1.54, 1.807) is 19.1 Å². The first-order chi connectivity index (χ1) is 8.71. The fourth-order valence-corrected chi connectivity index (χ4v) is 1.87. The molecule has 104 valence electrons. The van der Waals surface area contributed by atoms with Gasteiger partial charge in [-0.3, -0.25) is 4.79 Å². The molecule has 4 nitrogen and oxygen atoms in total. The lowest BCUT2D eigenvalue weighted by Crippen LogP contribution is -2.51. The highest BCUT2D eigenvalue weighted by Gasteiger charge is 2.33. The molecule has 0 bridgehead atoms. The van der Waals surface area contributed by atoms with Crippen molar-refractivity contribution in [1.82, 2.24) is 5.32 Å². The predicted molar refractivity (Wildman–Crippen MR) is 74.7 cm³/mol. The zero-order chi connectivity index (χ0) is 14.8. The van der Waals surface area contributed by atoms with Gasteiger partial charge in [0.15, 0.2) is 0 Å². The summed E-state index contributed by atoms with van der Waals surface area (Å²) >= 11 is 6.04. The fourth-order valence-electron chi connectivity index (χ4n) is 1.57. The van der Waals surface area contributed by atoms with Crippen LogP contribution in [0.5, 0.6) is 0 Å². The predicted octanol–water partition coefficient (Wildman–Crippen LogP) is 2.94.